The lowest BCUT2D eigenvalue weighted by Gasteiger charge is -2.09. The number of hydrogen-bond acceptors (Lipinski definition) is 4. The molecule has 0 aromatic carbocycles. The van der Waals surface area contributed by atoms with E-state index in [4.69, 9.17) is 10.8 Å². The van der Waals surface area contributed by atoms with E-state index in [1.807, 2.05) is 0 Å². The summed E-state index contributed by atoms with van der Waals surface area (Å²) < 4.78 is 0. The minimum absolute atomic E-state index is 0.0856. The van der Waals surface area contributed by atoms with Gasteiger partial charge in [-0.3, -0.25) is 4.79 Å². The number of unbranched alkanes of at least 4 members (excludes halogenated alkanes) is 1. The second kappa shape index (κ2) is 10.9. The molecule has 0 bridgehead atoms. The quantitative estimate of drug-likeness (QED) is 0.474. The molecule has 0 aliphatic carbocycles. The largest absolute Gasteiger partial charge is 0.548 e. The molecule has 0 aliphatic heterocycles. The van der Waals surface area contributed by atoms with Crippen LogP contribution in [0.5, 0.6) is 0 Å². The Kier molecular flexibility index (Phi) is 11.9. The van der Waals surface area contributed by atoms with E-state index in [2.05, 4.69) is 12.7 Å². The van der Waals surface area contributed by atoms with Gasteiger partial charge in [-0.1, -0.05) is 13.3 Å². The lowest BCUT2D eigenvalue weighted by atomic mass is 10.2. The monoisotopic (exact) mass is 220 g/mol. The smallest absolute Gasteiger partial charge is 0.303 e. The van der Waals surface area contributed by atoms with Crippen molar-refractivity contribution in [3.63, 3.8) is 0 Å². The van der Waals surface area contributed by atoms with E-state index in [1.165, 1.54) is 12.8 Å². The summed E-state index contributed by atoms with van der Waals surface area (Å²) in [4.78, 5) is 19.7. The zero-order valence-corrected chi connectivity index (χ0v) is 9.07. The van der Waals surface area contributed by atoms with Gasteiger partial charge in [0.05, 0.1) is 12.5 Å². The predicted molar refractivity (Wildman–Crippen MR) is 52.5 cm³/mol. The number of rotatable bonds is 6. The highest BCUT2D eigenvalue weighted by molar-refractivity contribution is 5.72. The molecule has 0 unspecified atom stereocenters. The maximum absolute atomic E-state index is 9.88. The molecule has 0 saturated heterocycles. The molecule has 0 heterocycles. The summed E-state index contributed by atoms with van der Waals surface area (Å²) in [5, 5.41) is 18.0. The first kappa shape index (κ1) is 16.3. The molecule has 0 spiro atoms. The lowest BCUT2D eigenvalue weighted by Crippen LogP contribution is -2.49. The van der Waals surface area contributed by atoms with Gasteiger partial charge in [0.15, 0.2) is 0 Å². The summed E-state index contributed by atoms with van der Waals surface area (Å²) in [5.41, 5.74) is 8.61. The van der Waals surface area contributed by atoms with E-state index in [0.717, 1.165) is 6.54 Å². The fourth-order valence-electron chi connectivity index (χ4n) is 0.647. The molecule has 0 aromatic heterocycles. The van der Waals surface area contributed by atoms with Gasteiger partial charge < -0.3 is 26.5 Å². The van der Waals surface area contributed by atoms with Crippen LogP contribution >= 0.6 is 0 Å². The summed E-state index contributed by atoms with van der Waals surface area (Å²) in [5.74, 6) is -2.47. The number of carbonyl (C=O) groups excluding carboxylic acids is 1. The number of carbonyl (C=O) groups is 2. The van der Waals surface area contributed by atoms with E-state index < -0.39 is 18.0 Å². The Bertz CT molecular complexity index is 183. The average molecular weight is 220 g/mol. The summed E-state index contributed by atoms with van der Waals surface area (Å²) in [6.45, 7) is 3.27. The van der Waals surface area contributed by atoms with Gasteiger partial charge in [-0.05, 0) is 12.8 Å². The van der Waals surface area contributed by atoms with Crippen LogP contribution in [-0.2, 0) is 9.59 Å². The Balaban J connectivity index is 0. The SMILES string of the molecule is CCCC[NH3+].N[C@@H](CCC(=O)O)C(=O)[O-]. The average Bonchev–Trinajstić information content (AvgIpc) is 2.16. The number of carboxylic acids is 2. The fourth-order valence-corrected chi connectivity index (χ4v) is 0.647. The molecular weight excluding hydrogens is 200 g/mol. The van der Waals surface area contributed by atoms with Crippen LogP contribution < -0.4 is 16.6 Å². The summed E-state index contributed by atoms with van der Waals surface area (Å²) in [6, 6.07) is -1.17. The van der Waals surface area contributed by atoms with Crippen molar-refractivity contribution < 1.29 is 25.5 Å². The molecule has 0 amide bonds. The zero-order chi connectivity index (χ0) is 12.3. The molecule has 0 fully saturated rings. The highest BCUT2D eigenvalue weighted by atomic mass is 16.4. The van der Waals surface area contributed by atoms with Crippen molar-refractivity contribution in [2.45, 2.75) is 38.6 Å². The number of carboxylic acid groups (broad SMARTS) is 2. The third kappa shape index (κ3) is 15.6. The molecule has 0 saturated carbocycles. The van der Waals surface area contributed by atoms with Crippen molar-refractivity contribution >= 4 is 11.9 Å². The van der Waals surface area contributed by atoms with Gasteiger partial charge in [0, 0.05) is 12.5 Å². The molecule has 6 nitrogen and oxygen atoms in total. The first-order valence-electron chi connectivity index (χ1n) is 4.93. The van der Waals surface area contributed by atoms with Crippen LogP contribution in [-0.4, -0.2) is 29.6 Å². The second-order valence-electron chi connectivity index (χ2n) is 3.07. The molecule has 6 N–H and O–H groups in total. The van der Waals surface area contributed by atoms with E-state index in [-0.39, 0.29) is 12.8 Å². The Labute approximate surface area is 89.3 Å². The standard InChI is InChI=1S/C5H9NO4.C4H11N/c6-3(5(9)10)1-2-4(7)8;1-2-3-4-5/h3H,1-2,6H2,(H,7,8)(H,9,10);2-5H2,1H3/t3-;/m0./s1. The van der Waals surface area contributed by atoms with Gasteiger partial charge >= 0.3 is 5.97 Å². The Morgan fingerprint density at radius 1 is 1.53 bits per heavy atom. The van der Waals surface area contributed by atoms with Gasteiger partial charge in [-0.25, -0.2) is 0 Å². The van der Waals surface area contributed by atoms with Crippen molar-refractivity contribution in [2.24, 2.45) is 5.73 Å². The molecule has 0 radical (unpaired) electrons. The molecule has 1 atom stereocenters. The van der Waals surface area contributed by atoms with E-state index in [1.54, 1.807) is 0 Å². The van der Waals surface area contributed by atoms with Crippen molar-refractivity contribution in [1.82, 2.24) is 0 Å². The normalized spacial score (nSPS) is 11.1. The van der Waals surface area contributed by atoms with Crippen LogP contribution in [0, 0.1) is 0 Å². The molecule has 90 valence electrons. The van der Waals surface area contributed by atoms with E-state index in [9.17, 15) is 14.7 Å². The second-order valence-corrected chi connectivity index (χ2v) is 3.07. The fraction of sp³-hybridized carbons (Fsp3) is 0.778. The molecule has 0 aliphatic rings. The van der Waals surface area contributed by atoms with Crippen LogP contribution in [0.25, 0.3) is 0 Å². The van der Waals surface area contributed by atoms with Gasteiger partial charge in [0.2, 0.25) is 0 Å². The van der Waals surface area contributed by atoms with Crippen LogP contribution in [0.15, 0.2) is 0 Å². The third-order valence-corrected chi connectivity index (χ3v) is 1.58. The van der Waals surface area contributed by atoms with Gasteiger partial charge in [0.1, 0.15) is 0 Å². The summed E-state index contributed by atoms with van der Waals surface area (Å²) in [6.07, 6.45) is 2.23. The lowest BCUT2D eigenvalue weighted by molar-refractivity contribution is -0.368. The van der Waals surface area contributed by atoms with Crippen LogP contribution in [0.4, 0.5) is 0 Å². The summed E-state index contributed by atoms with van der Waals surface area (Å²) >= 11 is 0. The van der Waals surface area contributed by atoms with Crippen molar-refractivity contribution in [2.75, 3.05) is 6.54 Å². The topological polar surface area (TPSA) is 131 Å². The maximum atomic E-state index is 9.88. The number of hydrogen-bond donors (Lipinski definition) is 3. The van der Waals surface area contributed by atoms with E-state index >= 15 is 0 Å². The number of aliphatic carboxylic acids is 2. The number of quaternary nitrogens is 1. The molecule has 0 aromatic rings. The van der Waals surface area contributed by atoms with Crippen LogP contribution in [0.3, 0.4) is 0 Å². The molecular formula is C9H20N2O4. The van der Waals surface area contributed by atoms with Crippen LogP contribution in [0.1, 0.15) is 32.6 Å². The molecule has 15 heavy (non-hydrogen) atoms. The predicted octanol–water partition coefficient (Wildman–Crippen LogP) is -2.04. The maximum Gasteiger partial charge on any atom is 0.303 e. The Morgan fingerprint density at radius 2 is 2.07 bits per heavy atom. The first-order valence-corrected chi connectivity index (χ1v) is 4.93. The Hall–Kier alpha value is -1.14. The highest BCUT2D eigenvalue weighted by Gasteiger charge is 2.05. The van der Waals surface area contributed by atoms with Gasteiger partial charge in [-0.15, -0.1) is 0 Å². The minimum Gasteiger partial charge on any atom is -0.548 e. The molecule has 6 heteroatoms. The van der Waals surface area contributed by atoms with Crippen LogP contribution in [0.2, 0.25) is 0 Å². The zero-order valence-electron chi connectivity index (χ0n) is 9.07. The van der Waals surface area contributed by atoms with Gasteiger partial charge in [-0.2, -0.15) is 0 Å². The Morgan fingerprint density at radius 3 is 2.27 bits per heavy atom. The summed E-state index contributed by atoms with van der Waals surface area (Å²) in [7, 11) is 0. The van der Waals surface area contributed by atoms with Gasteiger partial charge in [0.25, 0.3) is 0 Å². The molecule has 0 rings (SSSR count). The van der Waals surface area contributed by atoms with Crippen molar-refractivity contribution in [1.29, 1.82) is 0 Å². The first-order chi connectivity index (χ1) is 6.95. The third-order valence-electron chi connectivity index (χ3n) is 1.58. The highest BCUT2D eigenvalue weighted by Crippen LogP contribution is 1.92. The minimum atomic E-state index is -1.42. The van der Waals surface area contributed by atoms with Crippen molar-refractivity contribution in [3.05, 3.63) is 0 Å². The van der Waals surface area contributed by atoms with Crippen molar-refractivity contribution in [3.8, 4) is 0 Å². The van der Waals surface area contributed by atoms with E-state index in [0.29, 0.717) is 0 Å². The number of nitrogens with two attached hydrogens (primary N) is 1.